The number of morpholine rings is 1. The van der Waals surface area contributed by atoms with E-state index in [9.17, 15) is 8.42 Å². The Kier molecular flexibility index (Phi) is 4.57. The summed E-state index contributed by atoms with van der Waals surface area (Å²) < 4.78 is 34.9. The zero-order valence-corrected chi connectivity index (χ0v) is 14.4. The van der Waals surface area contributed by atoms with E-state index in [-0.39, 0.29) is 6.04 Å². The molecule has 0 spiro atoms. The minimum atomic E-state index is -3.32. The van der Waals surface area contributed by atoms with Gasteiger partial charge in [0.15, 0.2) is 9.84 Å². The Bertz CT molecular complexity index is 658. The Balaban J connectivity index is 2.00. The van der Waals surface area contributed by atoms with Gasteiger partial charge < -0.3 is 14.4 Å². The second-order valence-corrected chi connectivity index (χ2v) is 8.58. The molecule has 1 aromatic rings. The molecule has 2 fully saturated rings. The van der Waals surface area contributed by atoms with E-state index >= 15 is 0 Å². The predicted octanol–water partition coefficient (Wildman–Crippen LogP) is 0.752. The third-order valence-electron chi connectivity index (χ3n) is 4.79. The third-order valence-corrected chi connectivity index (χ3v) is 6.83. The molecule has 0 N–H and O–H groups in total. The summed E-state index contributed by atoms with van der Waals surface area (Å²) in [6, 6.07) is 2.03. The van der Waals surface area contributed by atoms with Crippen LogP contribution in [0.2, 0.25) is 0 Å². The van der Waals surface area contributed by atoms with Gasteiger partial charge >= 0.3 is 0 Å². The van der Waals surface area contributed by atoms with Gasteiger partial charge in [-0.2, -0.15) is 0 Å². The van der Waals surface area contributed by atoms with Crippen molar-refractivity contribution in [3.63, 3.8) is 0 Å². The van der Waals surface area contributed by atoms with Gasteiger partial charge in [0.05, 0.1) is 24.9 Å². The van der Waals surface area contributed by atoms with E-state index in [1.165, 1.54) is 12.6 Å². The third kappa shape index (κ3) is 3.07. The van der Waals surface area contributed by atoms with Crippen LogP contribution < -0.4 is 4.90 Å². The first-order valence-electron chi connectivity index (χ1n) is 7.88. The van der Waals surface area contributed by atoms with E-state index in [1.54, 1.807) is 0 Å². The normalized spacial score (nSPS) is 25.3. The summed E-state index contributed by atoms with van der Waals surface area (Å²) in [5.41, 5.74) is 0.576. The van der Waals surface area contributed by atoms with Crippen LogP contribution in [0, 0.1) is 0 Å². The SMILES string of the molecule is C[C@@H]1COCCN1c1cc(C2(S(C)(=O)=O)CCOCC2)ncn1. The number of anilines is 1. The van der Waals surface area contributed by atoms with Gasteiger partial charge in [-0.3, -0.25) is 0 Å². The fraction of sp³-hybridized carbons (Fsp3) is 0.733. The van der Waals surface area contributed by atoms with Crippen molar-refractivity contribution in [2.75, 3.05) is 44.1 Å². The summed E-state index contributed by atoms with van der Waals surface area (Å²) >= 11 is 0. The molecule has 1 aromatic heterocycles. The van der Waals surface area contributed by atoms with E-state index in [2.05, 4.69) is 21.8 Å². The van der Waals surface area contributed by atoms with Crippen LogP contribution in [0.15, 0.2) is 12.4 Å². The van der Waals surface area contributed by atoms with Gasteiger partial charge in [-0.05, 0) is 19.8 Å². The Morgan fingerprint density at radius 2 is 1.96 bits per heavy atom. The van der Waals surface area contributed by atoms with Crippen LogP contribution in [-0.2, 0) is 24.1 Å². The number of sulfone groups is 1. The van der Waals surface area contributed by atoms with E-state index in [4.69, 9.17) is 9.47 Å². The Hall–Kier alpha value is -1.25. The molecule has 0 aromatic carbocycles. The highest BCUT2D eigenvalue weighted by molar-refractivity contribution is 7.91. The lowest BCUT2D eigenvalue weighted by molar-refractivity contribution is 0.0731. The molecule has 0 bridgehead atoms. The molecule has 0 saturated carbocycles. The van der Waals surface area contributed by atoms with Crippen molar-refractivity contribution in [3.05, 3.63) is 18.1 Å². The number of hydrogen-bond acceptors (Lipinski definition) is 7. The maximum Gasteiger partial charge on any atom is 0.159 e. The molecule has 2 aliphatic rings. The quantitative estimate of drug-likeness (QED) is 0.802. The van der Waals surface area contributed by atoms with E-state index < -0.39 is 14.6 Å². The molecule has 0 amide bonds. The van der Waals surface area contributed by atoms with E-state index in [0.29, 0.717) is 45.0 Å². The van der Waals surface area contributed by atoms with Gasteiger partial charge in [-0.1, -0.05) is 0 Å². The van der Waals surface area contributed by atoms with E-state index in [0.717, 1.165) is 12.4 Å². The highest BCUT2D eigenvalue weighted by atomic mass is 32.2. The highest BCUT2D eigenvalue weighted by Crippen LogP contribution is 2.39. The maximum atomic E-state index is 12.5. The molecular formula is C15H23N3O4S. The molecule has 8 heteroatoms. The first-order valence-corrected chi connectivity index (χ1v) is 9.77. The van der Waals surface area contributed by atoms with Gasteiger partial charge in [-0.15, -0.1) is 0 Å². The largest absolute Gasteiger partial charge is 0.381 e. The van der Waals surface area contributed by atoms with Crippen LogP contribution >= 0.6 is 0 Å². The van der Waals surface area contributed by atoms with Gasteiger partial charge in [0.1, 0.15) is 16.9 Å². The number of hydrogen-bond donors (Lipinski definition) is 0. The summed E-state index contributed by atoms with van der Waals surface area (Å²) in [6.45, 7) is 4.97. The van der Waals surface area contributed by atoms with E-state index in [1.807, 2.05) is 6.07 Å². The van der Waals surface area contributed by atoms with Crippen molar-refractivity contribution in [3.8, 4) is 0 Å². The zero-order valence-electron chi connectivity index (χ0n) is 13.6. The molecule has 3 heterocycles. The average molecular weight is 341 g/mol. The zero-order chi connectivity index (χ0) is 16.5. The molecule has 0 aliphatic carbocycles. The van der Waals surface area contributed by atoms with Gasteiger partial charge in [0.2, 0.25) is 0 Å². The fourth-order valence-electron chi connectivity index (χ4n) is 3.34. The predicted molar refractivity (Wildman–Crippen MR) is 86.2 cm³/mol. The monoisotopic (exact) mass is 341 g/mol. The molecular weight excluding hydrogens is 318 g/mol. The molecule has 0 radical (unpaired) electrons. The Labute approximate surface area is 136 Å². The van der Waals surface area contributed by atoms with Crippen LogP contribution in [0.1, 0.15) is 25.5 Å². The van der Waals surface area contributed by atoms with Crippen LogP contribution in [0.25, 0.3) is 0 Å². The topological polar surface area (TPSA) is 81.6 Å². The standard InChI is InChI=1S/C15H23N3O4S/c1-12-10-22-8-5-18(12)14-9-13(16-11-17-14)15(23(2,19)20)3-6-21-7-4-15/h9,11-12H,3-8,10H2,1-2H3/t12-/m1/s1. The number of aromatic nitrogens is 2. The minimum absolute atomic E-state index is 0.204. The number of nitrogens with zero attached hydrogens (tertiary/aromatic N) is 3. The van der Waals surface area contributed by atoms with Crippen LogP contribution in [-0.4, -0.2) is 63.7 Å². The summed E-state index contributed by atoms with van der Waals surface area (Å²) in [6.07, 6.45) is 3.62. The molecule has 23 heavy (non-hydrogen) atoms. The Morgan fingerprint density at radius 3 is 2.61 bits per heavy atom. The van der Waals surface area contributed by atoms with Crippen LogP contribution in [0.3, 0.4) is 0 Å². The second kappa shape index (κ2) is 6.33. The average Bonchev–Trinajstić information content (AvgIpc) is 2.55. The van der Waals surface area contributed by atoms with Crippen molar-refractivity contribution >= 4 is 15.7 Å². The summed E-state index contributed by atoms with van der Waals surface area (Å²) in [7, 11) is -3.32. The van der Waals surface area contributed by atoms with Crippen LogP contribution in [0.5, 0.6) is 0 Å². The molecule has 1 atom stereocenters. The van der Waals surface area contributed by atoms with Gasteiger partial charge in [0, 0.05) is 32.1 Å². The lowest BCUT2D eigenvalue weighted by Gasteiger charge is -2.37. The molecule has 2 aliphatic heterocycles. The maximum absolute atomic E-state index is 12.5. The van der Waals surface area contributed by atoms with Crippen molar-refractivity contribution in [2.24, 2.45) is 0 Å². The van der Waals surface area contributed by atoms with Gasteiger partial charge in [-0.25, -0.2) is 18.4 Å². The van der Waals surface area contributed by atoms with Crippen molar-refractivity contribution in [1.82, 2.24) is 9.97 Å². The second-order valence-electron chi connectivity index (χ2n) is 6.26. The molecule has 2 saturated heterocycles. The lowest BCUT2D eigenvalue weighted by atomic mass is 9.94. The van der Waals surface area contributed by atoms with Crippen molar-refractivity contribution in [1.29, 1.82) is 0 Å². The molecule has 7 nitrogen and oxygen atoms in total. The summed E-state index contributed by atoms with van der Waals surface area (Å²) in [4.78, 5) is 10.8. The van der Waals surface area contributed by atoms with Crippen molar-refractivity contribution in [2.45, 2.75) is 30.6 Å². The summed E-state index contributed by atoms with van der Waals surface area (Å²) in [5, 5.41) is 0. The highest BCUT2D eigenvalue weighted by Gasteiger charge is 2.45. The van der Waals surface area contributed by atoms with Gasteiger partial charge in [0.25, 0.3) is 0 Å². The smallest absolute Gasteiger partial charge is 0.159 e. The number of rotatable bonds is 3. The first-order chi connectivity index (χ1) is 10.9. The number of ether oxygens (including phenoxy) is 2. The first kappa shape index (κ1) is 16.6. The van der Waals surface area contributed by atoms with Crippen LogP contribution in [0.4, 0.5) is 5.82 Å². The fourth-order valence-corrected chi connectivity index (χ4v) is 4.74. The minimum Gasteiger partial charge on any atom is -0.381 e. The molecule has 128 valence electrons. The molecule has 0 unspecified atom stereocenters. The lowest BCUT2D eigenvalue weighted by Crippen LogP contribution is -2.45. The molecule has 3 rings (SSSR count). The Morgan fingerprint density at radius 1 is 1.22 bits per heavy atom. The summed E-state index contributed by atoms with van der Waals surface area (Å²) in [5.74, 6) is 0.764. The van der Waals surface area contributed by atoms with Crippen molar-refractivity contribution < 1.29 is 17.9 Å².